The molecule has 19 heavy (non-hydrogen) atoms. The fraction of sp³-hybridized carbons (Fsp3) is 0. The van der Waals surface area contributed by atoms with E-state index in [4.69, 9.17) is 0 Å². The van der Waals surface area contributed by atoms with Crippen molar-refractivity contribution in [2.24, 2.45) is 0 Å². The minimum atomic E-state index is -0.558. The highest BCUT2D eigenvalue weighted by Gasteiger charge is 2.08. The van der Waals surface area contributed by atoms with Crippen molar-refractivity contribution in [2.75, 3.05) is 5.32 Å². The molecule has 6 heteroatoms. The van der Waals surface area contributed by atoms with Crippen molar-refractivity contribution < 1.29 is 8.78 Å². The Hall–Kier alpha value is -2.63. The lowest BCUT2D eigenvalue weighted by molar-refractivity contribution is 0.603. The molecule has 0 unspecified atom stereocenters. The number of benzene rings is 1. The zero-order valence-electron chi connectivity index (χ0n) is 9.64. The first-order valence-corrected chi connectivity index (χ1v) is 5.52. The Balaban J connectivity index is 2.08. The number of aromatic nitrogens is 3. The second kappa shape index (κ2) is 4.56. The summed E-state index contributed by atoms with van der Waals surface area (Å²) in [6, 6.07) is 6.65. The van der Waals surface area contributed by atoms with Crippen LogP contribution in [-0.4, -0.2) is 15.0 Å². The van der Waals surface area contributed by atoms with Gasteiger partial charge in [-0.2, -0.15) is 0 Å². The molecular formula is C13H8F2N4. The minimum absolute atomic E-state index is 0.0175. The number of pyridine rings is 1. The number of halogens is 2. The SMILES string of the molecule is Fc1ccc(F)c(Nc2ncnc3ncccc23)c1. The fourth-order valence-corrected chi connectivity index (χ4v) is 1.72. The lowest BCUT2D eigenvalue weighted by atomic mass is 10.2. The highest BCUT2D eigenvalue weighted by molar-refractivity contribution is 5.87. The Morgan fingerprint density at radius 1 is 1.00 bits per heavy atom. The molecule has 0 spiro atoms. The molecule has 2 aromatic heterocycles. The van der Waals surface area contributed by atoms with Crippen molar-refractivity contribution in [1.82, 2.24) is 15.0 Å². The average Bonchev–Trinajstić information content (AvgIpc) is 2.43. The van der Waals surface area contributed by atoms with Gasteiger partial charge in [-0.3, -0.25) is 0 Å². The third kappa shape index (κ3) is 2.20. The molecule has 0 saturated heterocycles. The van der Waals surface area contributed by atoms with E-state index in [9.17, 15) is 8.78 Å². The molecule has 0 bridgehead atoms. The van der Waals surface area contributed by atoms with Gasteiger partial charge in [-0.05, 0) is 24.3 Å². The van der Waals surface area contributed by atoms with Gasteiger partial charge in [0.05, 0.1) is 11.1 Å². The van der Waals surface area contributed by atoms with Crippen LogP contribution in [0, 0.1) is 11.6 Å². The summed E-state index contributed by atoms with van der Waals surface area (Å²) in [4.78, 5) is 12.1. The molecule has 1 N–H and O–H groups in total. The Labute approximate surface area is 107 Å². The van der Waals surface area contributed by atoms with Crippen molar-refractivity contribution in [3.05, 3.63) is 54.5 Å². The lowest BCUT2D eigenvalue weighted by Gasteiger charge is -2.08. The number of rotatable bonds is 2. The van der Waals surface area contributed by atoms with Crippen molar-refractivity contribution >= 4 is 22.5 Å². The van der Waals surface area contributed by atoms with E-state index in [1.165, 1.54) is 6.33 Å². The Morgan fingerprint density at radius 3 is 2.79 bits per heavy atom. The molecule has 3 rings (SSSR count). The van der Waals surface area contributed by atoms with Crippen molar-refractivity contribution in [2.45, 2.75) is 0 Å². The molecule has 0 aliphatic heterocycles. The van der Waals surface area contributed by atoms with Gasteiger partial charge < -0.3 is 5.32 Å². The van der Waals surface area contributed by atoms with Crippen molar-refractivity contribution in [3.63, 3.8) is 0 Å². The number of anilines is 2. The topological polar surface area (TPSA) is 50.7 Å². The molecule has 0 aliphatic carbocycles. The highest BCUT2D eigenvalue weighted by Crippen LogP contribution is 2.23. The summed E-state index contributed by atoms with van der Waals surface area (Å²) in [5.41, 5.74) is 0.501. The van der Waals surface area contributed by atoms with Crippen molar-refractivity contribution in [1.29, 1.82) is 0 Å². The van der Waals surface area contributed by atoms with E-state index in [0.29, 0.717) is 16.9 Å². The number of hydrogen-bond donors (Lipinski definition) is 1. The predicted octanol–water partition coefficient (Wildman–Crippen LogP) is 3.05. The molecule has 0 aliphatic rings. The molecular weight excluding hydrogens is 250 g/mol. The summed E-state index contributed by atoms with van der Waals surface area (Å²) in [6.45, 7) is 0. The fourth-order valence-electron chi connectivity index (χ4n) is 1.72. The molecule has 2 heterocycles. The number of nitrogens with zero attached hydrogens (tertiary/aromatic N) is 3. The third-order valence-corrected chi connectivity index (χ3v) is 2.59. The summed E-state index contributed by atoms with van der Waals surface area (Å²) in [6.07, 6.45) is 2.91. The van der Waals surface area contributed by atoms with Gasteiger partial charge in [-0.1, -0.05) is 0 Å². The van der Waals surface area contributed by atoms with Gasteiger partial charge in [0.15, 0.2) is 5.65 Å². The minimum Gasteiger partial charge on any atom is -0.337 e. The smallest absolute Gasteiger partial charge is 0.164 e. The summed E-state index contributed by atoms with van der Waals surface area (Å²) in [5.74, 6) is -0.708. The molecule has 0 amide bonds. The molecule has 94 valence electrons. The molecule has 4 nitrogen and oxygen atoms in total. The third-order valence-electron chi connectivity index (χ3n) is 2.59. The predicted molar refractivity (Wildman–Crippen MR) is 67.0 cm³/mol. The number of hydrogen-bond acceptors (Lipinski definition) is 4. The summed E-state index contributed by atoms with van der Waals surface area (Å²) in [7, 11) is 0. The monoisotopic (exact) mass is 258 g/mol. The van der Waals surface area contributed by atoms with Gasteiger partial charge in [0, 0.05) is 12.3 Å². The number of fused-ring (bicyclic) bond motifs is 1. The van der Waals surface area contributed by atoms with Crippen LogP contribution >= 0.6 is 0 Å². The summed E-state index contributed by atoms with van der Waals surface area (Å²) in [5, 5.41) is 3.38. The largest absolute Gasteiger partial charge is 0.337 e. The van der Waals surface area contributed by atoms with Gasteiger partial charge in [0.1, 0.15) is 23.8 Å². The van der Waals surface area contributed by atoms with Crippen LogP contribution < -0.4 is 5.32 Å². The van der Waals surface area contributed by atoms with Crippen LogP contribution in [0.1, 0.15) is 0 Å². The van der Waals surface area contributed by atoms with Crippen LogP contribution in [0.25, 0.3) is 11.0 Å². The quantitative estimate of drug-likeness (QED) is 0.767. The Morgan fingerprint density at radius 2 is 1.89 bits per heavy atom. The van der Waals surface area contributed by atoms with E-state index >= 15 is 0 Å². The second-order valence-corrected chi connectivity index (χ2v) is 3.85. The van der Waals surface area contributed by atoms with E-state index in [-0.39, 0.29) is 5.69 Å². The van der Waals surface area contributed by atoms with E-state index in [0.717, 1.165) is 18.2 Å². The maximum atomic E-state index is 13.6. The van der Waals surface area contributed by atoms with E-state index in [1.54, 1.807) is 18.3 Å². The first-order valence-electron chi connectivity index (χ1n) is 5.52. The maximum absolute atomic E-state index is 13.6. The summed E-state index contributed by atoms with van der Waals surface area (Å²) >= 11 is 0. The van der Waals surface area contributed by atoms with Gasteiger partial charge in [-0.25, -0.2) is 23.7 Å². The van der Waals surface area contributed by atoms with Crippen LogP contribution in [-0.2, 0) is 0 Å². The number of nitrogens with one attached hydrogen (secondary N) is 1. The second-order valence-electron chi connectivity index (χ2n) is 3.85. The zero-order chi connectivity index (χ0) is 13.2. The molecule has 0 saturated carbocycles. The normalized spacial score (nSPS) is 10.6. The summed E-state index contributed by atoms with van der Waals surface area (Å²) < 4.78 is 26.7. The average molecular weight is 258 g/mol. The lowest BCUT2D eigenvalue weighted by Crippen LogP contribution is -1.99. The van der Waals surface area contributed by atoms with Crippen LogP contribution in [0.4, 0.5) is 20.3 Å². The van der Waals surface area contributed by atoms with Gasteiger partial charge in [0.25, 0.3) is 0 Å². The highest BCUT2D eigenvalue weighted by atomic mass is 19.1. The first-order chi connectivity index (χ1) is 9.24. The molecule has 1 aromatic carbocycles. The standard InChI is InChI=1S/C13H8F2N4/c14-8-3-4-10(15)11(6-8)19-13-9-2-1-5-16-12(9)17-7-18-13/h1-7H,(H,16,17,18,19). The molecule has 0 atom stereocenters. The van der Waals surface area contributed by atoms with Gasteiger partial charge in [0.2, 0.25) is 0 Å². The van der Waals surface area contributed by atoms with Crippen LogP contribution in [0.3, 0.4) is 0 Å². The first kappa shape index (κ1) is 11.5. The molecule has 0 radical (unpaired) electrons. The maximum Gasteiger partial charge on any atom is 0.164 e. The molecule has 0 fully saturated rings. The van der Waals surface area contributed by atoms with E-state index < -0.39 is 11.6 Å². The van der Waals surface area contributed by atoms with Crippen molar-refractivity contribution in [3.8, 4) is 0 Å². The van der Waals surface area contributed by atoms with E-state index in [2.05, 4.69) is 20.3 Å². The van der Waals surface area contributed by atoms with E-state index in [1.807, 2.05) is 0 Å². The van der Waals surface area contributed by atoms with Crippen LogP contribution in [0.2, 0.25) is 0 Å². The Kier molecular flexibility index (Phi) is 2.75. The van der Waals surface area contributed by atoms with Gasteiger partial charge in [-0.15, -0.1) is 0 Å². The van der Waals surface area contributed by atoms with Gasteiger partial charge >= 0.3 is 0 Å². The van der Waals surface area contributed by atoms with Crippen LogP contribution in [0.15, 0.2) is 42.9 Å². The zero-order valence-corrected chi connectivity index (χ0v) is 9.64. The Bertz CT molecular complexity index is 740. The van der Waals surface area contributed by atoms with Crippen LogP contribution in [0.5, 0.6) is 0 Å². The molecule has 3 aromatic rings.